The number of carbonyl (C=O) groups is 2. The molecule has 108 valence electrons. The number of carbonyl (C=O) groups excluding carboxylic acids is 2. The first-order valence-corrected chi connectivity index (χ1v) is 6.95. The molecule has 1 aromatic carbocycles. The zero-order chi connectivity index (χ0) is 14.5. The van der Waals surface area contributed by atoms with E-state index in [2.05, 4.69) is 5.32 Å². The topological polar surface area (TPSA) is 72.2 Å². The molecule has 5 heteroatoms. The molecule has 1 fully saturated rings. The SMILES string of the molecule is NC(=O)c1ccc(F)c(C(=O)NCCC2CCCC2)c1. The quantitative estimate of drug-likeness (QED) is 0.867. The van der Waals surface area contributed by atoms with Gasteiger partial charge in [-0.3, -0.25) is 9.59 Å². The number of nitrogens with one attached hydrogen (secondary N) is 1. The summed E-state index contributed by atoms with van der Waals surface area (Å²) in [5.41, 5.74) is 5.12. The van der Waals surface area contributed by atoms with Crippen LogP contribution in [0.1, 0.15) is 52.8 Å². The maximum absolute atomic E-state index is 13.6. The van der Waals surface area contributed by atoms with Gasteiger partial charge in [0.25, 0.3) is 5.91 Å². The predicted octanol–water partition coefficient (Wildman–Crippen LogP) is 2.23. The summed E-state index contributed by atoms with van der Waals surface area (Å²) in [6.07, 6.45) is 5.85. The molecular formula is C15H19FN2O2. The lowest BCUT2D eigenvalue weighted by Gasteiger charge is -2.10. The summed E-state index contributed by atoms with van der Waals surface area (Å²) in [5.74, 6) is -1.15. The predicted molar refractivity (Wildman–Crippen MR) is 73.8 cm³/mol. The van der Waals surface area contributed by atoms with Crippen LogP contribution in [-0.2, 0) is 0 Å². The molecule has 0 atom stereocenters. The van der Waals surface area contributed by atoms with Crippen LogP contribution in [0.5, 0.6) is 0 Å². The first kappa shape index (κ1) is 14.5. The normalized spacial score (nSPS) is 15.2. The molecule has 2 rings (SSSR count). The van der Waals surface area contributed by atoms with Crippen molar-refractivity contribution in [2.24, 2.45) is 11.7 Å². The summed E-state index contributed by atoms with van der Waals surface area (Å²) in [7, 11) is 0. The molecule has 0 spiro atoms. The van der Waals surface area contributed by atoms with E-state index < -0.39 is 17.6 Å². The van der Waals surface area contributed by atoms with Crippen LogP contribution < -0.4 is 11.1 Å². The van der Waals surface area contributed by atoms with E-state index in [4.69, 9.17) is 5.73 Å². The zero-order valence-electron chi connectivity index (χ0n) is 11.3. The molecule has 1 aliphatic rings. The van der Waals surface area contributed by atoms with Crippen molar-refractivity contribution >= 4 is 11.8 Å². The van der Waals surface area contributed by atoms with Crippen LogP contribution in [0.2, 0.25) is 0 Å². The Morgan fingerprint density at radius 3 is 2.65 bits per heavy atom. The van der Waals surface area contributed by atoms with Gasteiger partial charge in [-0.25, -0.2) is 4.39 Å². The minimum atomic E-state index is -0.676. The summed E-state index contributed by atoms with van der Waals surface area (Å²) in [6, 6.07) is 3.56. The van der Waals surface area contributed by atoms with Crippen molar-refractivity contribution in [3.63, 3.8) is 0 Å². The second kappa shape index (κ2) is 6.50. The van der Waals surface area contributed by atoms with E-state index in [0.717, 1.165) is 12.5 Å². The third-order valence-electron chi connectivity index (χ3n) is 3.81. The smallest absolute Gasteiger partial charge is 0.254 e. The van der Waals surface area contributed by atoms with E-state index in [0.29, 0.717) is 12.5 Å². The number of hydrogen-bond acceptors (Lipinski definition) is 2. The Morgan fingerprint density at radius 1 is 1.30 bits per heavy atom. The molecule has 0 saturated heterocycles. The highest BCUT2D eigenvalue weighted by molar-refractivity contribution is 5.99. The fourth-order valence-corrected chi connectivity index (χ4v) is 2.64. The van der Waals surface area contributed by atoms with Crippen molar-refractivity contribution in [2.45, 2.75) is 32.1 Å². The van der Waals surface area contributed by atoms with Crippen LogP contribution in [0, 0.1) is 11.7 Å². The summed E-state index contributed by atoms with van der Waals surface area (Å²) in [6.45, 7) is 0.531. The number of halogens is 1. The summed E-state index contributed by atoms with van der Waals surface area (Å²) >= 11 is 0. The fourth-order valence-electron chi connectivity index (χ4n) is 2.64. The van der Waals surface area contributed by atoms with Crippen LogP contribution in [0.4, 0.5) is 4.39 Å². The van der Waals surface area contributed by atoms with Crippen molar-refractivity contribution in [1.82, 2.24) is 5.32 Å². The minimum absolute atomic E-state index is 0.132. The Labute approximate surface area is 117 Å². The lowest BCUT2D eigenvalue weighted by atomic mass is 10.0. The first-order valence-electron chi connectivity index (χ1n) is 6.95. The lowest BCUT2D eigenvalue weighted by molar-refractivity contribution is 0.0947. The zero-order valence-corrected chi connectivity index (χ0v) is 11.3. The van der Waals surface area contributed by atoms with E-state index in [9.17, 15) is 14.0 Å². The Balaban J connectivity index is 1.94. The van der Waals surface area contributed by atoms with E-state index in [1.807, 2.05) is 0 Å². The Bertz CT molecular complexity index is 511. The number of nitrogens with two attached hydrogens (primary N) is 1. The molecule has 2 amide bonds. The van der Waals surface area contributed by atoms with Crippen molar-refractivity contribution in [3.05, 3.63) is 35.1 Å². The molecule has 1 aliphatic carbocycles. The first-order chi connectivity index (χ1) is 9.58. The molecule has 0 radical (unpaired) electrons. The second-order valence-electron chi connectivity index (χ2n) is 5.25. The maximum Gasteiger partial charge on any atom is 0.254 e. The number of rotatable bonds is 5. The summed E-state index contributed by atoms with van der Waals surface area (Å²) in [5, 5.41) is 2.70. The Morgan fingerprint density at radius 2 is 2.00 bits per heavy atom. The van der Waals surface area contributed by atoms with Gasteiger partial charge in [0.15, 0.2) is 0 Å². The van der Waals surface area contributed by atoms with Gasteiger partial charge in [0, 0.05) is 12.1 Å². The van der Waals surface area contributed by atoms with Gasteiger partial charge in [-0.05, 0) is 30.5 Å². The van der Waals surface area contributed by atoms with Crippen LogP contribution in [0.25, 0.3) is 0 Å². The average Bonchev–Trinajstić information content (AvgIpc) is 2.92. The summed E-state index contributed by atoms with van der Waals surface area (Å²) < 4.78 is 13.6. The third-order valence-corrected chi connectivity index (χ3v) is 3.81. The number of hydrogen-bond donors (Lipinski definition) is 2. The second-order valence-corrected chi connectivity index (χ2v) is 5.25. The van der Waals surface area contributed by atoms with Gasteiger partial charge in [0.05, 0.1) is 5.56 Å². The molecule has 0 aliphatic heterocycles. The average molecular weight is 278 g/mol. The molecular weight excluding hydrogens is 259 g/mol. The van der Waals surface area contributed by atoms with Crippen molar-refractivity contribution in [1.29, 1.82) is 0 Å². The highest BCUT2D eigenvalue weighted by Gasteiger charge is 2.17. The van der Waals surface area contributed by atoms with Crippen LogP contribution >= 0.6 is 0 Å². The molecule has 0 heterocycles. The van der Waals surface area contributed by atoms with Gasteiger partial charge in [-0.15, -0.1) is 0 Å². The molecule has 20 heavy (non-hydrogen) atoms. The Kier molecular flexibility index (Phi) is 4.71. The van der Waals surface area contributed by atoms with Gasteiger partial charge < -0.3 is 11.1 Å². The monoisotopic (exact) mass is 278 g/mol. The molecule has 0 aromatic heterocycles. The standard InChI is InChI=1S/C15H19FN2O2/c16-13-6-5-11(14(17)19)9-12(13)15(20)18-8-7-10-3-1-2-4-10/h5-6,9-10H,1-4,7-8H2,(H2,17,19)(H,18,20). The van der Waals surface area contributed by atoms with Crippen LogP contribution in [-0.4, -0.2) is 18.4 Å². The van der Waals surface area contributed by atoms with Crippen molar-refractivity contribution < 1.29 is 14.0 Å². The van der Waals surface area contributed by atoms with Gasteiger partial charge >= 0.3 is 0 Å². The minimum Gasteiger partial charge on any atom is -0.366 e. The molecule has 4 nitrogen and oxygen atoms in total. The van der Waals surface area contributed by atoms with Gasteiger partial charge in [0.1, 0.15) is 5.82 Å². The van der Waals surface area contributed by atoms with E-state index in [1.165, 1.54) is 37.8 Å². The van der Waals surface area contributed by atoms with Gasteiger partial charge in [-0.2, -0.15) is 0 Å². The van der Waals surface area contributed by atoms with E-state index >= 15 is 0 Å². The maximum atomic E-state index is 13.6. The molecule has 1 aromatic rings. The van der Waals surface area contributed by atoms with Gasteiger partial charge in [0.2, 0.25) is 5.91 Å². The largest absolute Gasteiger partial charge is 0.366 e. The molecule has 0 unspecified atom stereocenters. The third kappa shape index (κ3) is 3.56. The van der Waals surface area contributed by atoms with E-state index in [1.54, 1.807) is 0 Å². The van der Waals surface area contributed by atoms with Crippen molar-refractivity contribution in [3.8, 4) is 0 Å². The highest BCUT2D eigenvalue weighted by atomic mass is 19.1. The number of amides is 2. The lowest BCUT2D eigenvalue weighted by Crippen LogP contribution is -2.27. The fraction of sp³-hybridized carbons (Fsp3) is 0.467. The van der Waals surface area contributed by atoms with Crippen molar-refractivity contribution in [2.75, 3.05) is 6.54 Å². The van der Waals surface area contributed by atoms with Crippen LogP contribution in [0.3, 0.4) is 0 Å². The van der Waals surface area contributed by atoms with Gasteiger partial charge in [-0.1, -0.05) is 25.7 Å². The van der Waals surface area contributed by atoms with E-state index in [-0.39, 0.29) is 11.1 Å². The summed E-state index contributed by atoms with van der Waals surface area (Å²) in [4.78, 5) is 23.0. The highest BCUT2D eigenvalue weighted by Crippen LogP contribution is 2.26. The number of benzene rings is 1. The molecule has 1 saturated carbocycles. The van der Waals surface area contributed by atoms with Crippen LogP contribution in [0.15, 0.2) is 18.2 Å². The molecule has 0 bridgehead atoms. The Hall–Kier alpha value is -1.91. The molecule has 3 N–H and O–H groups in total. The number of primary amides is 1.